The number of hydrogen-bond acceptors (Lipinski definition) is 3. The first-order valence-corrected chi connectivity index (χ1v) is 6.86. The van der Waals surface area contributed by atoms with E-state index in [2.05, 4.69) is 28.4 Å². The quantitative estimate of drug-likeness (QED) is 0.834. The molecule has 0 aliphatic carbocycles. The highest BCUT2D eigenvalue weighted by Gasteiger charge is 2.14. The lowest BCUT2D eigenvalue weighted by Crippen LogP contribution is -2.19. The van der Waals surface area contributed by atoms with Crippen LogP contribution in [0.3, 0.4) is 0 Å². The van der Waals surface area contributed by atoms with Crippen LogP contribution in [0.2, 0.25) is 0 Å². The van der Waals surface area contributed by atoms with E-state index in [1.54, 1.807) is 7.11 Å². The summed E-state index contributed by atoms with van der Waals surface area (Å²) in [4.78, 5) is 2.51. The van der Waals surface area contributed by atoms with Crippen LogP contribution in [0.4, 0.5) is 0 Å². The van der Waals surface area contributed by atoms with Gasteiger partial charge >= 0.3 is 0 Å². The van der Waals surface area contributed by atoms with Gasteiger partial charge in [-0.25, -0.2) is 0 Å². The smallest absolute Gasteiger partial charge is 0.123 e. The maximum Gasteiger partial charge on any atom is 0.123 e. The number of rotatable bonds is 6. The van der Waals surface area contributed by atoms with Gasteiger partial charge in [-0.3, -0.25) is 4.90 Å². The van der Waals surface area contributed by atoms with E-state index in [0.717, 1.165) is 25.3 Å². The Morgan fingerprint density at radius 3 is 2.72 bits per heavy atom. The van der Waals surface area contributed by atoms with Crippen LogP contribution in [0, 0.1) is 0 Å². The minimum atomic E-state index is 1.02. The van der Waals surface area contributed by atoms with E-state index in [9.17, 15) is 0 Å². The Labute approximate surface area is 110 Å². The molecular weight excluding hydrogens is 224 g/mol. The molecule has 0 aromatic heterocycles. The van der Waals surface area contributed by atoms with Crippen LogP contribution in [-0.2, 0) is 13.0 Å². The fourth-order valence-electron chi connectivity index (χ4n) is 2.56. The Balaban J connectivity index is 2.08. The van der Waals surface area contributed by atoms with Crippen molar-refractivity contribution < 1.29 is 4.74 Å². The van der Waals surface area contributed by atoms with E-state index >= 15 is 0 Å². The van der Waals surface area contributed by atoms with Gasteiger partial charge < -0.3 is 10.1 Å². The summed E-state index contributed by atoms with van der Waals surface area (Å²) in [5, 5.41) is 3.20. The number of nitrogens with zero attached hydrogens (tertiary/aromatic N) is 1. The molecule has 0 atom stereocenters. The Morgan fingerprint density at radius 2 is 2.06 bits per heavy atom. The first kappa shape index (κ1) is 13.4. The summed E-state index contributed by atoms with van der Waals surface area (Å²) in [5.41, 5.74) is 2.72. The Morgan fingerprint density at radius 1 is 1.28 bits per heavy atom. The molecule has 0 amide bonds. The molecule has 1 aliphatic rings. The lowest BCUT2D eigenvalue weighted by Gasteiger charge is -2.17. The molecule has 18 heavy (non-hydrogen) atoms. The maximum absolute atomic E-state index is 5.47. The fourth-order valence-corrected chi connectivity index (χ4v) is 2.56. The minimum absolute atomic E-state index is 1.02. The highest BCUT2D eigenvalue weighted by molar-refractivity contribution is 5.37. The van der Waals surface area contributed by atoms with Gasteiger partial charge in [-0.2, -0.15) is 0 Å². The summed E-state index contributed by atoms with van der Waals surface area (Å²) in [5.74, 6) is 1.02. The van der Waals surface area contributed by atoms with Gasteiger partial charge in [-0.1, -0.05) is 12.1 Å². The first-order chi connectivity index (χ1) is 8.83. The van der Waals surface area contributed by atoms with Gasteiger partial charge in [0.1, 0.15) is 5.75 Å². The highest BCUT2D eigenvalue weighted by atomic mass is 16.5. The highest BCUT2D eigenvalue weighted by Crippen LogP contribution is 2.23. The zero-order chi connectivity index (χ0) is 12.8. The average molecular weight is 248 g/mol. The number of methoxy groups -OCH3 is 1. The van der Waals surface area contributed by atoms with Crippen molar-refractivity contribution in [2.45, 2.75) is 25.8 Å². The first-order valence-electron chi connectivity index (χ1n) is 6.86. The topological polar surface area (TPSA) is 24.5 Å². The van der Waals surface area contributed by atoms with Crippen molar-refractivity contribution in [2.75, 3.05) is 33.8 Å². The number of ether oxygens (including phenoxy) is 1. The number of hydrogen-bond donors (Lipinski definition) is 1. The van der Waals surface area contributed by atoms with Crippen LogP contribution >= 0.6 is 0 Å². The van der Waals surface area contributed by atoms with Gasteiger partial charge in [-0.05, 0) is 57.6 Å². The number of nitrogens with one attached hydrogen (secondary N) is 1. The van der Waals surface area contributed by atoms with Gasteiger partial charge in [0, 0.05) is 12.1 Å². The van der Waals surface area contributed by atoms with Crippen LogP contribution in [-0.4, -0.2) is 38.7 Å². The summed E-state index contributed by atoms with van der Waals surface area (Å²) in [6, 6.07) is 6.58. The molecule has 0 bridgehead atoms. The van der Waals surface area contributed by atoms with Gasteiger partial charge in [0.2, 0.25) is 0 Å². The third-order valence-electron chi connectivity index (χ3n) is 3.60. The Hall–Kier alpha value is -1.06. The molecule has 1 aliphatic heterocycles. The predicted octanol–water partition coefficient (Wildman–Crippen LogP) is 2.05. The third kappa shape index (κ3) is 3.47. The van der Waals surface area contributed by atoms with Crippen LogP contribution < -0.4 is 10.1 Å². The summed E-state index contributed by atoms with van der Waals surface area (Å²) < 4.78 is 5.47. The molecule has 0 radical (unpaired) electrons. The van der Waals surface area contributed by atoms with Gasteiger partial charge in [0.05, 0.1) is 7.11 Å². The molecular formula is C15H24N2O. The van der Waals surface area contributed by atoms with Gasteiger partial charge in [-0.15, -0.1) is 0 Å². The summed E-state index contributed by atoms with van der Waals surface area (Å²) in [7, 11) is 3.75. The molecule has 2 rings (SSSR count). The average Bonchev–Trinajstić information content (AvgIpc) is 2.89. The molecule has 1 fully saturated rings. The molecule has 1 saturated heterocycles. The lowest BCUT2D eigenvalue weighted by molar-refractivity contribution is 0.320. The molecule has 0 spiro atoms. The SMILES string of the molecule is CNCCc1ccc(OC)c(CN2CCCC2)c1. The number of likely N-dealkylation sites (tertiary alicyclic amines) is 1. The molecule has 0 saturated carbocycles. The second-order valence-corrected chi connectivity index (χ2v) is 4.98. The van der Waals surface area contributed by atoms with E-state index in [4.69, 9.17) is 4.74 Å². The molecule has 0 unspecified atom stereocenters. The van der Waals surface area contributed by atoms with Crippen molar-refractivity contribution in [3.8, 4) is 5.75 Å². The normalized spacial score (nSPS) is 16.1. The van der Waals surface area contributed by atoms with E-state index in [0.29, 0.717) is 0 Å². The largest absolute Gasteiger partial charge is 0.496 e. The van der Waals surface area contributed by atoms with Crippen molar-refractivity contribution in [2.24, 2.45) is 0 Å². The van der Waals surface area contributed by atoms with Crippen molar-refractivity contribution in [1.29, 1.82) is 0 Å². The van der Waals surface area contributed by atoms with Crippen LogP contribution in [0.25, 0.3) is 0 Å². The van der Waals surface area contributed by atoms with E-state index < -0.39 is 0 Å². The predicted molar refractivity (Wildman–Crippen MR) is 75.1 cm³/mol. The second kappa shape index (κ2) is 6.76. The monoisotopic (exact) mass is 248 g/mol. The zero-order valence-electron chi connectivity index (χ0n) is 11.5. The van der Waals surface area contributed by atoms with Crippen molar-refractivity contribution >= 4 is 0 Å². The number of benzene rings is 1. The van der Waals surface area contributed by atoms with E-state index in [1.807, 2.05) is 7.05 Å². The molecule has 3 nitrogen and oxygen atoms in total. The van der Waals surface area contributed by atoms with Crippen LogP contribution in [0.5, 0.6) is 5.75 Å². The van der Waals surface area contributed by atoms with Gasteiger partial charge in [0.25, 0.3) is 0 Å². The fraction of sp³-hybridized carbons (Fsp3) is 0.600. The van der Waals surface area contributed by atoms with E-state index in [-0.39, 0.29) is 0 Å². The van der Waals surface area contributed by atoms with Crippen molar-refractivity contribution in [3.05, 3.63) is 29.3 Å². The number of likely N-dealkylation sites (N-methyl/N-ethyl adjacent to an activating group) is 1. The Kier molecular flexibility index (Phi) is 5.02. The molecule has 100 valence electrons. The molecule has 1 aromatic rings. The lowest BCUT2D eigenvalue weighted by atomic mass is 10.1. The maximum atomic E-state index is 5.47. The van der Waals surface area contributed by atoms with E-state index in [1.165, 1.54) is 37.1 Å². The third-order valence-corrected chi connectivity index (χ3v) is 3.60. The van der Waals surface area contributed by atoms with Crippen LogP contribution in [0.15, 0.2) is 18.2 Å². The standard InChI is InChI=1S/C15H24N2O/c1-16-8-7-13-5-6-15(18-2)14(11-13)12-17-9-3-4-10-17/h5-6,11,16H,3-4,7-10,12H2,1-2H3. The summed E-state index contributed by atoms with van der Waals surface area (Å²) in [6.45, 7) is 4.50. The molecule has 1 aromatic carbocycles. The Bertz CT molecular complexity index is 373. The second-order valence-electron chi connectivity index (χ2n) is 4.98. The zero-order valence-corrected chi connectivity index (χ0v) is 11.5. The molecule has 1 heterocycles. The van der Waals surface area contributed by atoms with Crippen LogP contribution in [0.1, 0.15) is 24.0 Å². The van der Waals surface area contributed by atoms with Gasteiger partial charge in [0.15, 0.2) is 0 Å². The summed E-state index contributed by atoms with van der Waals surface area (Å²) in [6.07, 6.45) is 3.75. The van der Waals surface area contributed by atoms with Crippen molar-refractivity contribution in [3.63, 3.8) is 0 Å². The summed E-state index contributed by atoms with van der Waals surface area (Å²) >= 11 is 0. The molecule has 1 N–H and O–H groups in total. The van der Waals surface area contributed by atoms with Crippen molar-refractivity contribution in [1.82, 2.24) is 10.2 Å². The minimum Gasteiger partial charge on any atom is -0.496 e. The molecule has 3 heteroatoms.